The van der Waals surface area contributed by atoms with E-state index in [4.69, 9.17) is 14.2 Å². The molecule has 2 fully saturated rings. The minimum Gasteiger partial charge on any atom is -0.460 e. The maximum atomic E-state index is 13.8. The van der Waals surface area contributed by atoms with E-state index in [1.165, 1.54) is 4.90 Å². The van der Waals surface area contributed by atoms with Crippen LogP contribution >= 0.6 is 0 Å². The molecule has 246 valence electrons. The quantitative estimate of drug-likeness (QED) is 0.212. The lowest BCUT2D eigenvalue weighted by atomic mass is 10.0. The number of carbonyl (C=O) groups is 6. The van der Waals surface area contributed by atoms with Crippen LogP contribution in [0.15, 0.2) is 35.7 Å². The van der Waals surface area contributed by atoms with Gasteiger partial charge in [-0.3, -0.25) is 24.0 Å². The normalized spacial score (nSPS) is 17.8. The van der Waals surface area contributed by atoms with Crippen molar-refractivity contribution >= 4 is 35.6 Å². The zero-order valence-electron chi connectivity index (χ0n) is 26.8. The first-order valence-corrected chi connectivity index (χ1v) is 15.3. The van der Waals surface area contributed by atoms with Gasteiger partial charge in [0.2, 0.25) is 17.6 Å². The predicted octanol–water partition coefficient (Wildman–Crippen LogP) is 2.01. The van der Waals surface area contributed by atoms with E-state index in [9.17, 15) is 28.8 Å². The summed E-state index contributed by atoms with van der Waals surface area (Å²) in [5.74, 6) is -4.39. The van der Waals surface area contributed by atoms with E-state index in [0.29, 0.717) is 51.3 Å². The molecular weight excluding hydrogens is 584 g/mol. The number of hydrogen-bond donors (Lipinski definition) is 2. The average molecular weight is 629 g/mol. The number of amides is 4. The minimum atomic E-state index is -0.934. The van der Waals surface area contributed by atoms with Crippen LogP contribution in [0.4, 0.5) is 0 Å². The molecule has 2 aliphatic rings. The fraction of sp³-hybridized carbons (Fsp3) is 0.562. The molecule has 0 radical (unpaired) electrons. The van der Waals surface area contributed by atoms with Crippen molar-refractivity contribution in [2.75, 3.05) is 39.5 Å². The van der Waals surface area contributed by atoms with Crippen molar-refractivity contribution in [2.45, 2.75) is 66.5 Å². The van der Waals surface area contributed by atoms with Gasteiger partial charge in [-0.15, -0.1) is 0 Å². The first-order valence-electron chi connectivity index (χ1n) is 15.3. The zero-order chi connectivity index (χ0) is 33.3. The molecule has 0 bridgehead atoms. The Hall–Kier alpha value is -4.26. The van der Waals surface area contributed by atoms with E-state index in [-0.39, 0.29) is 29.7 Å². The summed E-state index contributed by atoms with van der Waals surface area (Å²) in [7, 11) is 0. The van der Waals surface area contributed by atoms with Crippen LogP contribution in [-0.4, -0.2) is 96.9 Å². The minimum absolute atomic E-state index is 0.0346. The third kappa shape index (κ3) is 9.13. The van der Waals surface area contributed by atoms with Crippen molar-refractivity contribution in [3.05, 3.63) is 46.8 Å². The highest BCUT2D eigenvalue weighted by molar-refractivity contribution is 6.00. The van der Waals surface area contributed by atoms with E-state index in [2.05, 4.69) is 10.6 Å². The molecule has 0 spiro atoms. The van der Waals surface area contributed by atoms with Gasteiger partial charge in [-0.25, -0.2) is 4.79 Å². The van der Waals surface area contributed by atoms with Crippen molar-refractivity contribution in [1.29, 1.82) is 0 Å². The molecule has 1 aromatic rings. The number of carbonyl (C=O) groups excluding carboxylic acids is 6. The van der Waals surface area contributed by atoms with E-state index >= 15 is 0 Å². The Morgan fingerprint density at radius 3 is 2.13 bits per heavy atom. The Bertz CT molecular complexity index is 1300. The number of hydrogen-bond acceptors (Lipinski definition) is 9. The van der Waals surface area contributed by atoms with Crippen molar-refractivity contribution in [3.8, 4) is 0 Å². The third-order valence-electron chi connectivity index (χ3n) is 7.54. The molecule has 2 aliphatic heterocycles. The van der Waals surface area contributed by atoms with Crippen LogP contribution < -0.4 is 10.6 Å². The summed E-state index contributed by atoms with van der Waals surface area (Å²) in [5.41, 5.74) is 0.800. The monoisotopic (exact) mass is 628 g/mol. The van der Waals surface area contributed by atoms with Crippen molar-refractivity contribution in [2.24, 2.45) is 11.8 Å². The van der Waals surface area contributed by atoms with Crippen LogP contribution in [0.3, 0.4) is 0 Å². The first-order chi connectivity index (χ1) is 21.3. The maximum absolute atomic E-state index is 13.8. The molecule has 1 aromatic carbocycles. The van der Waals surface area contributed by atoms with Gasteiger partial charge in [-0.05, 0) is 55.9 Å². The Kier molecular flexibility index (Phi) is 12.7. The number of allylic oxidation sites excluding steroid dienone is 1. The van der Waals surface area contributed by atoms with Gasteiger partial charge in [0.1, 0.15) is 12.1 Å². The van der Waals surface area contributed by atoms with Gasteiger partial charge in [-0.2, -0.15) is 0 Å². The second-order valence-corrected chi connectivity index (χ2v) is 11.6. The van der Waals surface area contributed by atoms with E-state index < -0.39 is 53.4 Å². The Labute approximate surface area is 263 Å². The van der Waals surface area contributed by atoms with Crippen molar-refractivity contribution in [1.82, 2.24) is 20.4 Å². The Balaban J connectivity index is 1.75. The highest BCUT2D eigenvalue weighted by Crippen LogP contribution is 2.23. The number of benzene rings is 1. The summed E-state index contributed by atoms with van der Waals surface area (Å²) in [4.78, 5) is 80.7. The smallest absolute Gasteiger partial charge is 0.376 e. The van der Waals surface area contributed by atoms with Crippen LogP contribution in [0, 0.1) is 11.8 Å². The highest BCUT2D eigenvalue weighted by Gasteiger charge is 2.39. The van der Waals surface area contributed by atoms with Gasteiger partial charge >= 0.3 is 11.9 Å². The Morgan fingerprint density at radius 2 is 1.58 bits per heavy atom. The standard InChI is InChI=1S/C32H44N4O9/c1-7-44-32(42)27(45-21(6)37)25(19(2)3)33-29(39)24-9-8-14-36(24)31(41)26(20(4)5)34-28(38)22-10-12-23(13-11-22)30(40)35-15-17-43-18-16-35/h10-13,19-20,24,26H,7-9,14-18H2,1-6H3,(H,33,39)(H,34,38)/t24-,26?/m0/s1. The first kappa shape index (κ1) is 35.2. The average Bonchev–Trinajstić information content (AvgIpc) is 3.51. The summed E-state index contributed by atoms with van der Waals surface area (Å²) in [6.07, 6.45) is 0.916. The molecule has 1 unspecified atom stereocenters. The lowest BCUT2D eigenvalue weighted by Gasteiger charge is -2.31. The molecule has 3 rings (SSSR count). The summed E-state index contributed by atoms with van der Waals surface area (Å²) < 4.78 is 15.5. The van der Waals surface area contributed by atoms with Crippen molar-refractivity contribution in [3.63, 3.8) is 0 Å². The second-order valence-electron chi connectivity index (χ2n) is 11.6. The molecule has 0 aromatic heterocycles. The van der Waals surface area contributed by atoms with Gasteiger partial charge in [-0.1, -0.05) is 27.7 Å². The zero-order valence-corrected chi connectivity index (χ0v) is 26.8. The number of nitrogens with one attached hydrogen (secondary N) is 2. The second kappa shape index (κ2) is 16.2. The van der Waals surface area contributed by atoms with E-state index in [0.717, 1.165) is 6.92 Å². The molecule has 2 N–H and O–H groups in total. The van der Waals surface area contributed by atoms with Gasteiger partial charge in [0.25, 0.3) is 11.8 Å². The molecular formula is C32H44N4O9. The predicted molar refractivity (Wildman–Crippen MR) is 162 cm³/mol. The molecule has 0 aliphatic carbocycles. The summed E-state index contributed by atoms with van der Waals surface area (Å²) in [5, 5.41) is 5.51. The molecule has 2 atom stereocenters. The van der Waals surface area contributed by atoms with Crippen LogP contribution in [0.1, 0.15) is 75.1 Å². The number of likely N-dealkylation sites (tertiary alicyclic amines) is 1. The molecule has 0 saturated carbocycles. The number of ether oxygens (including phenoxy) is 3. The van der Waals surface area contributed by atoms with Gasteiger partial charge in [0.15, 0.2) is 0 Å². The van der Waals surface area contributed by atoms with Crippen LogP contribution in [0.2, 0.25) is 0 Å². The number of morpholine rings is 1. The number of rotatable bonds is 11. The molecule has 4 amide bonds. The topological polar surface area (TPSA) is 161 Å². The lowest BCUT2D eigenvalue weighted by Crippen LogP contribution is -2.55. The van der Waals surface area contributed by atoms with Crippen LogP contribution in [0.25, 0.3) is 0 Å². The molecule has 13 nitrogen and oxygen atoms in total. The lowest BCUT2D eigenvalue weighted by molar-refractivity contribution is -0.150. The molecule has 45 heavy (non-hydrogen) atoms. The van der Waals surface area contributed by atoms with Crippen LogP contribution in [-0.2, 0) is 33.4 Å². The van der Waals surface area contributed by atoms with E-state index in [1.54, 1.807) is 63.8 Å². The molecule has 2 saturated heterocycles. The largest absolute Gasteiger partial charge is 0.460 e. The van der Waals surface area contributed by atoms with Gasteiger partial charge in [0.05, 0.1) is 25.5 Å². The Morgan fingerprint density at radius 1 is 0.956 bits per heavy atom. The third-order valence-corrected chi connectivity index (χ3v) is 7.54. The summed E-state index contributed by atoms with van der Waals surface area (Å²) >= 11 is 0. The number of esters is 2. The van der Waals surface area contributed by atoms with Gasteiger partial charge < -0.3 is 34.6 Å². The summed E-state index contributed by atoms with van der Waals surface area (Å²) in [6, 6.07) is 4.44. The molecule has 2 heterocycles. The summed E-state index contributed by atoms with van der Waals surface area (Å²) in [6.45, 7) is 12.1. The van der Waals surface area contributed by atoms with Crippen molar-refractivity contribution < 1.29 is 43.0 Å². The van der Waals surface area contributed by atoms with Crippen LogP contribution in [0.5, 0.6) is 0 Å². The maximum Gasteiger partial charge on any atom is 0.376 e. The molecule has 13 heteroatoms. The van der Waals surface area contributed by atoms with E-state index in [1.807, 2.05) is 0 Å². The highest BCUT2D eigenvalue weighted by atomic mass is 16.6. The number of nitrogens with zero attached hydrogens (tertiary/aromatic N) is 2. The van der Waals surface area contributed by atoms with Gasteiger partial charge in [0, 0.05) is 37.7 Å². The fourth-order valence-electron chi connectivity index (χ4n) is 5.16. The fourth-order valence-corrected chi connectivity index (χ4v) is 5.16. The SMILES string of the molecule is CCOC(=O)C(OC(C)=O)=C(NC(=O)[C@@H]1CCCN1C(=O)C(NC(=O)c1ccc(C(=O)N2CCOCC2)cc1)C(C)C)C(C)C.